The minimum atomic E-state index is -3.92. The molecule has 1 aromatic carbocycles. The van der Waals surface area contributed by atoms with E-state index in [9.17, 15) is 17.6 Å². The van der Waals surface area contributed by atoms with Crippen molar-refractivity contribution in [3.63, 3.8) is 0 Å². The van der Waals surface area contributed by atoms with Gasteiger partial charge in [0.25, 0.3) is 15.9 Å². The summed E-state index contributed by atoms with van der Waals surface area (Å²) in [5.41, 5.74) is 0.514. The summed E-state index contributed by atoms with van der Waals surface area (Å²) >= 11 is 0. The zero-order chi connectivity index (χ0) is 19.1. The lowest BCUT2D eigenvalue weighted by Crippen LogP contribution is -2.54. The lowest BCUT2D eigenvalue weighted by Gasteiger charge is -2.46. The zero-order valence-electron chi connectivity index (χ0n) is 14.4. The Kier molecular flexibility index (Phi) is 4.57. The van der Waals surface area contributed by atoms with E-state index in [1.54, 1.807) is 12.1 Å². The van der Waals surface area contributed by atoms with Crippen LogP contribution in [0.4, 0.5) is 10.2 Å². The second-order valence-corrected chi connectivity index (χ2v) is 7.92. The predicted molar refractivity (Wildman–Crippen MR) is 96.1 cm³/mol. The first-order chi connectivity index (χ1) is 12.2. The first-order valence-electron chi connectivity index (χ1n) is 8.04. The first kappa shape index (κ1) is 18.1. The Balaban J connectivity index is 2.01. The van der Waals surface area contributed by atoms with E-state index in [0.717, 1.165) is 6.54 Å². The van der Waals surface area contributed by atoms with Crippen LogP contribution in [0, 0.1) is 11.7 Å². The highest BCUT2D eigenvalue weighted by Gasteiger charge is 2.35. The maximum absolute atomic E-state index is 13.2. The molecule has 0 unspecified atom stereocenters. The van der Waals surface area contributed by atoms with Gasteiger partial charge in [-0.25, -0.2) is 22.2 Å². The van der Waals surface area contributed by atoms with Crippen LogP contribution in [0.1, 0.15) is 24.3 Å². The Morgan fingerprint density at radius 3 is 2.54 bits per heavy atom. The van der Waals surface area contributed by atoms with Crippen molar-refractivity contribution in [2.75, 3.05) is 11.4 Å². The standard InChI is InChI=1S/C17H19FN4O3S/c1-4-26(24,25)20-17(23)15-9-16(21-10-11(2)12(21)3)22(19-15)14-7-5-13(18)6-8-14/h4-9,11-12H,1,10H2,2-3H3,(H,20,23)/t11-,12+/m1/s1. The van der Waals surface area contributed by atoms with Crippen LogP contribution in [0.15, 0.2) is 42.3 Å². The molecule has 1 aliphatic heterocycles. The molecule has 1 saturated heterocycles. The van der Waals surface area contributed by atoms with Crippen LogP contribution in [-0.2, 0) is 10.0 Å². The molecule has 2 aromatic rings. The number of carbonyl (C=O) groups is 1. The summed E-state index contributed by atoms with van der Waals surface area (Å²) in [4.78, 5) is 14.3. The van der Waals surface area contributed by atoms with Crippen LogP contribution in [0.5, 0.6) is 0 Å². The monoisotopic (exact) mass is 378 g/mol. The second-order valence-electron chi connectivity index (χ2n) is 6.29. The largest absolute Gasteiger partial charge is 0.353 e. The summed E-state index contributed by atoms with van der Waals surface area (Å²) in [6.45, 7) is 8.10. The first-order valence-corrected chi connectivity index (χ1v) is 9.58. The van der Waals surface area contributed by atoms with Crippen molar-refractivity contribution in [1.29, 1.82) is 0 Å². The highest BCUT2D eigenvalue weighted by Crippen LogP contribution is 2.32. The van der Waals surface area contributed by atoms with E-state index in [2.05, 4.69) is 30.4 Å². The van der Waals surface area contributed by atoms with E-state index < -0.39 is 15.9 Å². The molecule has 2 heterocycles. The fourth-order valence-corrected chi connectivity index (χ4v) is 3.23. The van der Waals surface area contributed by atoms with Crippen LogP contribution in [0.25, 0.3) is 5.69 Å². The molecule has 7 nitrogen and oxygen atoms in total. The number of rotatable bonds is 5. The van der Waals surface area contributed by atoms with E-state index in [1.807, 2.05) is 4.72 Å². The summed E-state index contributed by atoms with van der Waals surface area (Å²) in [6, 6.07) is 7.44. The molecule has 1 aliphatic rings. The Morgan fingerprint density at radius 1 is 1.35 bits per heavy atom. The molecular weight excluding hydrogens is 359 g/mol. The molecule has 0 spiro atoms. The van der Waals surface area contributed by atoms with Crippen molar-refractivity contribution >= 4 is 21.7 Å². The van der Waals surface area contributed by atoms with E-state index in [0.29, 0.717) is 22.8 Å². The number of nitrogens with zero attached hydrogens (tertiary/aromatic N) is 3. The lowest BCUT2D eigenvalue weighted by atomic mass is 9.92. The molecular formula is C17H19FN4O3S. The molecule has 1 N–H and O–H groups in total. The van der Waals surface area contributed by atoms with Crippen molar-refractivity contribution in [2.45, 2.75) is 19.9 Å². The number of hydrogen-bond acceptors (Lipinski definition) is 5. The summed E-state index contributed by atoms with van der Waals surface area (Å²) in [7, 11) is -3.92. The third-order valence-electron chi connectivity index (χ3n) is 4.54. The lowest BCUT2D eigenvalue weighted by molar-refractivity contribution is 0.0976. The van der Waals surface area contributed by atoms with Gasteiger partial charge in [-0.2, -0.15) is 5.10 Å². The van der Waals surface area contributed by atoms with E-state index in [4.69, 9.17) is 0 Å². The van der Waals surface area contributed by atoms with E-state index >= 15 is 0 Å². The van der Waals surface area contributed by atoms with Gasteiger partial charge in [-0.1, -0.05) is 13.5 Å². The fourth-order valence-electron chi connectivity index (χ4n) is 2.78. The minimum Gasteiger partial charge on any atom is -0.353 e. The van der Waals surface area contributed by atoms with Crippen molar-refractivity contribution in [3.05, 3.63) is 53.8 Å². The van der Waals surface area contributed by atoms with Gasteiger partial charge in [0.1, 0.15) is 11.6 Å². The topological polar surface area (TPSA) is 84.3 Å². The summed E-state index contributed by atoms with van der Waals surface area (Å²) < 4.78 is 39.7. The van der Waals surface area contributed by atoms with E-state index in [1.165, 1.54) is 22.9 Å². The average molecular weight is 378 g/mol. The second kappa shape index (κ2) is 6.56. The van der Waals surface area contributed by atoms with Gasteiger partial charge in [0.05, 0.1) is 5.69 Å². The van der Waals surface area contributed by atoms with Crippen LogP contribution in [-0.4, -0.2) is 36.7 Å². The molecule has 2 atom stereocenters. The fraction of sp³-hybridized carbons (Fsp3) is 0.294. The molecule has 1 aromatic heterocycles. The van der Waals surface area contributed by atoms with Crippen LogP contribution in [0.2, 0.25) is 0 Å². The van der Waals surface area contributed by atoms with Crippen LogP contribution < -0.4 is 9.62 Å². The van der Waals surface area contributed by atoms with Crippen molar-refractivity contribution in [3.8, 4) is 5.69 Å². The third-order valence-corrected chi connectivity index (χ3v) is 5.45. The van der Waals surface area contributed by atoms with Crippen molar-refractivity contribution < 1.29 is 17.6 Å². The highest BCUT2D eigenvalue weighted by atomic mass is 32.2. The summed E-state index contributed by atoms with van der Waals surface area (Å²) in [6.07, 6.45) is 0. The molecule has 1 amide bonds. The number of hydrogen-bond donors (Lipinski definition) is 1. The van der Waals surface area contributed by atoms with E-state index in [-0.39, 0.29) is 17.6 Å². The smallest absolute Gasteiger partial charge is 0.285 e. The SMILES string of the molecule is C=CS(=O)(=O)NC(=O)c1cc(N2C[C@@H](C)[C@@H]2C)n(-c2ccc(F)cc2)n1. The third kappa shape index (κ3) is 3.34. The number of halogens is 1. The predicted octanol–water partition coefficient (Wildman–Crippen LogP) is 2.06. The highest BCUT2D eigenvalue weighted by molar-refractivity contribution is 7.92. The number of anilines is 1. The normalized spacial score (nSPS) is 19.7. The van der Waals surface area contributed by atoms with Gasteiger partial charge < -0.3 is 4.90 Å². The number of sulfonamides is 1. The van der Waals surface area contributed by atoms with Crippen molar-refractivity contribution in [1.82, 2.24) is 14.5 Å². The van der Waals surface area contributed by atoms with Gasteiger partial charge in [-0.15, -0.1) is 0 Å². The van der Waals surface area contributed by atoms with Crippen LogP contribution >= 0.6 is 0 Å². The van der Waals surface area contributed by atoms with Gasteiger partial charge >= 0.3 is 0 Å². The minimum absolute atomic E-state index is 0.0542. The maximum atomic E-state index is 13.2. The zero-order valence-corrected chi connectivity index (χ0v) is 15.2. The summed E-state index contributed by atoms with van der Waals surface area (Å²) in [5.74, 6) is -0.120. The molecule has 0 radical (unpaired) electrons. The van der Waals surface area contributed by atoms with Gasteiger partial charge in [-0.3, -0.25) is 4.79 Å². The Hall–Kier alpha value is -2.68. The molecule has 0 saturated carbocycles. The molecule has 9 heteroatoms. The quantitative estimate of drug-likeness (QED) is 0.861. The number of carbonyl (C=O) groups excluding carboxylic acids is 1. The molecule has 0 bridgehead atoms. The molecule has 26 heavy (non-hydrogen) atoms. The average Bonchev–Trinajstić information content (AvgIpc) is 3.04. The van der Waals surface area contributed by atoms with Gasteiger partial charge in [0.2, 0.25) is 0 Å². The Morgan fingerprint density at radius 2 is 2.00 bits per heavy atom. The van der Waals surface area contributed by atoms with Gasteiger partial charge in [0, 0.05) is 24.1 Å². The summed E-state index contributed by atoms with van der Waals surface area (Å²) in [5, 5.41) is 4.89. The maximum Gasteiger partial charge on any atom is 0.285 e. The Bertz CT molecular complexity index is 953. The number of aromatic nitrogens is 2. The Labute approximate surface area is 151 Å². The molecule has 3 rings (SSSR count). The number of nitrogens with one attached hydrogen (secondary N) is 1. The molecule has 1 fully saturated rings. The number of benzene rings is 1. The number of amides is 1. The van der Waals surface area contributed by atoms with Gasteiger partial charge in [0.15, 0.2) is 5.69 Å². The van der Waals surface area contributed by atoms with Crippen molar-refractivity contribution in [2.24, 2.45) is 5.92 Å². The van der Waals surface area contributed by atoms with Crippen LogP contribution in [0.3, 0.4) is 0 Å². The molecule has 0 aliphatic carbocycles. The molecule has 138 valence electrons. The van der Waals surface area contributed by atoms with Gasteiger partial charge in [-0.05, 0) is 37.1 Å².